The summed E-state index contributed by atoms with van der Waals surface area (Å²) in [4.78, 5) is 0. The van der Waals surface area contributed by atoms with E-state index in [-0.39, 0.29) is 36.8 Å². The molecule has 3 aliphatic heterocycles. The van der Waals surface area contributed by atoms with Crippen molar-refractivity contribution in [2.45, 2.75) is 126 Å². The van der Waals surface area contributed by atoms with Crippen LogP contribution >= 0.6 is 11.6 Å². The van der Waals surface area contributed by atoms with Gasteiger partial charge in [0.05, 0.1) is 25.2 Å². The van der Waals surface area contributed by atoms with E-state index in [1.54, 1.807) is 14.0 Å². The summed E-state index contributed by atoms with van der Waals surface area (Å²) in [6.07, 6.45) is -3.25. The van der Waals surface area contributed by atoms with Crippen LogP contribution in [0.5, 0.6) is 0 Å². The number of hydrogen-bond donors (Lipinski definition) is 4. The van der Waals surface area contributed by atoms with Crippen LogP contribution in [-0.4, -0.2) is 120 Å². The van der Waals surface area contributed by atoms with Gasteiger partial charge in [0.1, 0.15) is 41.7 Å². The molecule has 6 rings (SSSR count). The number of rotatable bonds is 9. The van der Waals surface area contributed by atoms with Gasteiger partial charge in [0.2, 0.25) is 5.79 Å². The second kappa shape index (κ2) is 12.0. The highest BCUT2D eigenvalue weighted by Gasteiger charge is 2.75. The fraction of sp³-hybridized carbons (Fsp3) is 0.879. The lowest BCUT2D eigenvalue weighted by Gasteiger charge is -2.51. The van der Waals surface area contributed by atoms with E-state index in [2.05, 4.69) is 26.8 Å². The van der Waals surface area contributed by atoms with Gasteiger partial charge < -0.3 is 53.6 Å². The number of alkyl halides is 1. The largest absolute Gasteiger partial charge is 0.390 e. The molecule has 0 radical (unpaired) electrons. The van der Waals surface area contributed by atoms with Crippen LogP contribution in [0.2, 0.25) is 0 Å². The lowest BCUT2D eigenvalue weighted by atomic mass is 9.68. The number of aliphatic hydroxyl groups excluding tert-OH is 3. The van der Waals surface area contributed by atoms with E-state index in [0.717, 1.165) is 24.0 Å². The smallest absolute Gasteiger partial charge is 0.230 e. The summed E-state index contributed by atoms with van der Waals surface area (Å²) >= 11 is 5.98. The Morgan fingerprint density at radius 1 is 1.09 bits per heavy atom. The average molecular weight is 659 g/mol. The van der Waals surface area contributed by atoms with Crippen LogP contribution in [0.15, 0.2) is 22.8 Å². The van der Waals surface area contributed by atoms with Crippen molar-refractivity contribution in [2.24, 2.45) is 23.2 Å². The van der Waals surface area contributed by atoms with Crippen molar-refractivity contribution in [3.63, 3.8) is 0 Å². The predicted octanol–water partition coefficient (Wildman–Crippen LogP) is 2.41. The molecule has 0 amide bonds. The van der Waals surface area contributed by atoms with Crippen molar-refractivity contribution in [3.05, 3.63) is 22.8 Å². The summed E-state index contributed by atoms with van der Waals surface area (Å²) in [5, 5.41) is 46.3. The van der Waals surface area contributed by atoms with Gasteiger partial charge >= 0.3 is 0 Å². The van der Waals surface area contributed by atoms with Gasteiger partial charge in [0.25, 0.3) is 0 Å². The number of ether oxygens (including phenoxy) is 7. The van der Waals surface area contributed by atoms with E-state index in [1.165, 1.54) is 12.7 Å². The predicted molar refractivity (Wildman–Crippen MR) is 162 cm³/mol. The Labute approximate surface area is 270 Å². The van der Waals surface area contributed by atoms with Gasteiger partial charge in [0, 0.05) is 19.6 Å². The van der Waals surface area contributed by atoms with Gasteiger partial charge in [-0.1, -0.05) is 39.3 Å². The first-order chi connectivity index (χ1) is 21.2. The van der Waals surface area contributed by atoms with Gasteiger partial charge in [-0.05, 0) is 61.5 Å². The Morgan fingerprint density at radius 2 is 1.82 bits per heavy atom. The Hall–Kier alpha value is -0.670. The Bertz CT molecular complexity index is 1200. The number of halogens is 1. The zero-order valence-corrected chi connectivity index (χ0v) is 28.2. The van der Waals surface area contributed by atoms with Crippen LogP contribution in [0, 0.1) is 23.2 Å². The maximum Gasteiger partial charge on any atom is 0.230 e. The normalized spacial score (nSPS) is 51.0. The number of allylic oxidation sites excluding steroid dienone is 2. The Balaban J connectivity index is 1.37. The number of fused-ring (bicyclic) bond motifs is 3. The molecule has 6 aliphatic rings. The summed E-state index contributed by atoms with van der Waals surface area (Å²) in [5.41, 5.74) is 0.207. The van der Waals surface area contributed by atoms with Gasteiger partial charge in [-0.25, -0.2) is 0 Å². The van der Waals surface area contributed by atoms with Crippen molar-refractivity contribution in [1.82, 2.24) is 0 Å². The van der Waals surface area contributed by atoms with Crippen molar-refractivity contribution in [1.29, 1.82) is 0 Å². The standard InChI is InChI=1S/C33H51ClO11/c1-16(2)18-8-10-30(4)12-20-19(9-11-32(20,38)15-40-7)17(3)24(36)26(23(18)30)42-28-25(37)27-33(22(41-28)14-39-6)44-29(43-27)31(5,45-33)21(35)13-34/h12,16-17,19,21-22,24-29,35-38H,8-11,13-15H2,1-7H3/b20-12+/t17-,19+,21+,22-,24-,25-,26-,27-,28-,29+,30-,31+,32+,33-/m1/s1. The molecule has 0 aromatic rings. The maximum absolute atomic E-state index is 12.2. The molecule has 3 aliphatic carbocycles. The summed E-state index contributed by atoms with van der Waals surface area (Å²) < 4.78 is 42.9. The Morgan fingerprint density at radius 3 is 2.47 bits per heavy atom. The van der Waals surface area contributed by atoms with Crippen molar-refractivity contribution in [2.75, 3.05) is 33.3 Å². The van der Waals surface area contributed by atoms with E-state index in [9.17, 15) is 20.4 Å². The van der Waals surface area contributed by atoms with Crippen molar-refractivity contribution < 1.29 is 53.6 Å². The number of methoxy groups -OCH3 is 2. The lowest BCUT2D eigenvalue weighted by molar-refractivity contribution is -0.389. The van der Waals surface area contributed by atoms with Crippen molar-refractivity contribution in [3.8, 4) is 0 Å². The van der Waals surface area contributed by atoms with Gasteiger partial charge in [-0.3, -0.25) is 0 Å². The van der Waals surface area contributed by atoms with E-state index < -0.39 is 71.6 Å². The highest BCUT2D eigenvalue weighted by Crippen LogP contribution is 2.58. The average Bonchev–Trinajstić information content (AvgIpc) is 3.72. The molecule has 0 aromatic carbocycles. The summed E-state index contributed by atoms with van der Waals surface area (Å²) in [5.74, 6) is -1.83. The van der Waals surface area contributed by atoms with Crippen LogP contribution in [0.1, 0.15) is 60.3 Å². The minimum atomic E-state index is -1.56. The second-order valence-corrected chi connectivity index (χ2v) is 15.1. The fourth-order valence-corrected chi connectivity index (χ4v) is 9.27. The summed E-state index contributed by atoms with van der Waals surface area (Å²) in [6.45, 7) is 10.3. The topological polar surface area (TPSA) is 146 Å². The van der Waals surface area contributed by atoms with Gasteiger partial charge in [0.15, 0.2) is 12.6 Å². The molecule has 4 fully saturated rings. The molecule has 0 unspecified atom stereocenters. The van der Waals surface area contributed by atoms with E-state index in [0.29, 0.717) is 12.8 Å². The quantitative estimate of drug-likeness (QED) is 0.214. The van der Waals surface area contributed by atoms with Gasteiger partial charge in [-0.15, -0.1) is 11.6 Å². The SMILES string of the molecule is COC[C@H]1O[C@H](O[C@@H]2C3=C(C(C)C)CC[C@]3(C)/C=C3\[C@@H](CC[C@]3(O)COC)[C@@H](C)[C@H]2O)[C@H](O)[C@H]2O[C@H]3O[C@]21O[C@@]3(C)[C@@H](O)CCl. The Kier molecular flexibility index (Phi) is 9.14. The van der Waals surface area contributed by atoms with E-state index >= 15 is 0 Å². The maximum atomic E-state index is 12.2. The molecule has 256 valence electrons. The third-order valence-corrected chi connectivity index (χ3v) is 11.8. The monoisotopic (exact) mass is 658 g/mol. The third kappa shape index (κ3) is 5.11. The fourth-order valence-electron chi connectivity index (χ4n) is 8.97. The first-order valence-electron chi connectivity index (χ1n) is 16.3. The first kappa shape index (κ1) is 34.2. The molecule has 2 bridgehead atoms. The van der Waals surface area contributed by atoms with Crippen LogP contribution < -0.4 is 0 Å². The summed E-state index contributed by atoms with van der Waals surface area (Å²) in [6, 6.07) is 0. The van der Waals surface area contributed by atoms with Gasteiger partial charge in [-0.2, -0.15) is 0 Å². The molecule has 0 aromatic heterocycles. The van der Waals surface area contributed by atoms with Crippen LogP contribution in [0.4, 0.5) is 0 Å². The molecule has 4 N–H and O–H groups in total. The zero-order valence-electron chi connectivity index (χ0n) is 27.4. The van der Waals surface area contributed by atoms with Crippen molar-refractivity contribution >= 4 is 11.6 Å². The van der Waals surface area contributed by atoms with E-state index in [4.69, 9.17) is 44.8 Å². The first-order valence-corrected chi connectivity index (χ1v) is 16.8. The molecular formula is C33H51ClO11. The molecule has 14 atom stereocenters. The number of hydrogen-bond acceptors (Lipinski definition) is 11. The number of aliphatic hydroxyl groups is 4. The third-order valence-electron chi connectivity index (χ3n) is 11.6. The second-order valence-electron chi connectivity index (χ2n) is 14.7. The molecule has 3 saturated heterocycles. The van der Waals surface area contributed by atoms with Crippen LogP contribution in [0.3, 0.4) is 0 Å². The molecule has 1 saturated carbocycles. The van der Waals surface area contributed by atoms with Crippen LogP contribution in [0.25, 0.3) is 0 Å². The summed E-state index contributed by atoms with van der Waals surface area (Å²) in [7, 11) is 3.12. The molecule has 3 heterocycles. The highest BCUT2D eigenvalue weighted by molar-refractivity contribution is 6.18. The minimum Gasteiger partial charge on any atom is -0.390 e. The minimum absolute atomic E-state index is 0.0275. The molecule has 1 spiro atoms. The highest BCUT2D eigenvalue weighted by atomic mass is 35.5. The zero-order chi connectivity index (χ0) is 32.7. The molecule has 12 heteroatoms. The lowest BCUT2D eigenvalue weighted by Crippen LogP contribution is -2.70. The molecular weight excluding hydrogens is 608 g/mol. The van der Waals surface area contributed by atoms with E-state index in [1.807, 2.05) is 6.92 Å². The molecule has 11 nitrogen and oxygen atoms in total. The molecule has 45 heavy (non-hydrogen) atoms. The van der Waals surface area contributed by atoms with Crippen LogP contribution in [-0.2, 0) is 33.2 Å².